The van der Waals surface area contributed by atoms with E-state index in [1.807, 2.05) is 0 Å². The molecule has 1 atom stereocenters. The van der Waals surface area contributed by atoms with Crippen LogP contribution in [0, 0.1) is 11.7 Å². The van der Waals surface area contributed by atoms with Crippen molar-refractivity contribution in [2.24, 2.45) is 5.92 Å². The molecule has 152 valence electrons. The topological polar surface area (TPSA) is 41.1 Å². The number of hydrogen-bond donors (Lipinski definition) is 2. The molecule has 0 aromatic heterocycles. The van der Waals surface area contributed by atoms with Gasteiger partial charge in [-0.3, -0.25) is 4.79 Å². The smallest absolute Gasteiger partial charge is 0.352 e. The Bertz CT molecular complexity index is 820. The van der Waals surface area contributed by atoms with E-state index in [-0.39, 0.29) is 35.0 Å². The number of amides is 1. The summed E-state index contributed by atoms with van der Waals surface area (Å²) in [6.45, 7) is 2.18. The van der Waals surface area contributed by atoms with Gasteiger partial charge in [0, 0.05) is 6.54 Å². The second kappa shape index (κ2) is 9.39. The van der Waals surface area contributed by atoms with E-state index >= 15 is 0 Å². The summed E-state index contributed by atoms with van der Waals surface area (Å²) in [7, 11) is 0. The number of halogens is 5. The first-order chi connectivity index (χ1) is 12.8. The molecule has 2 aromatic carbocycles. The van der Waals surface area contributed by atoms with Crippen LogP contribution in [0.3, 0.4) is 0 Å². The predicted octanol–water partition coefficient (Wildman–Crippen LogP) is 4.66. The van der Waals surface area contributed by atoms with Gasteiger partial charge in [-0.25, -0.2) is 4.39 Å². The van der Waals surface area contributed by atoms with Gasteiger partial charge >= 0.3 is 6.18 Å². The zero-order chi connectivity index (χ0) is 19.4. The molecule has 1 amide bonds. The van der Waals surface area contributed by atoms with Crippen LogP contribution in [-0.4, -0.2) is 25.5 Å². The highest BCUT2D eigenvalue weighted by Crippen LogP contribution is 2.33. The maximum absolute atomic E-state index is 13.7. The van der Waals surface area contributed by atoms with Crippen molar-refractivity contribution < 1.29 is 22.4 Å². The predicted molar refractivity (Wildman–Crippen MR) is 102 cm³/mol. The van der Waals surface area contributed by atoms with Gasteiger partial charge in [0.15, 0.2) is 0 Å². The third-order valence-electron chi connectivity index (χ3n) is 4.68. The van der Waals surface area contributed by atoms with E-state index in [2.05, 4.69) is 10.6 Å². The van der Waals surface area contributed by atoms with Gasteiger partial charge in [0.2, 0.25) is 0 Å². The van der Waals surface area contributed by atoms with E-state index in [4.69, 9.17) is 0 Å². The number of rotatable bonds is 4. The SMILES string of the molecule is Cl.O=C(NCC1CCCNC1)c1cc(F)ccc1-c1cccc(C(F)(F)F)c1. The Balaban J connectivity index is 0.00000280. The van der Waals surface area contributed by atoms with E-state index < -0.39 is 23.5 Å². The van der Waals surface area contributed by atoms with Crippen molar-refractivity contribution in [1.82, 2.24) is 10.6 Å². The van der Waals surface area contributed by atoms with Crippen molar-refractivity contribution in [3.05, 3.63) is 59.4 Å². The van der Waals surface area contributed by atoms with E-state index in [0.717, 1.165) is 50.2 Å². The van der Waals surface area contributed by atoms with Crippen molar-refractivity contribution in [2.75, 3.05) is 19.6 Å². The largest absolute Gasteiger partial charge is 0.416 e. The summed E-state index contributed by atoms with van der Waals surface area (Å²) >= 11 is 0. The van der Waals surface area contributed by atoms with Gasteiger partial charge in [0.25, 0.3) is 5.91 Å². The van der Waals surface area contributed by atoms with Crippen LogP contribution in [-0.2, 0) is 6.18 Å². The molecule has 8 heteroatoms. The van der Waals surface area contributed by atoms with Crippen LogP contribution in [0.1, 0.15) is 28.8 Å². The van der Waals surface area contributed by atoms with Crippen molar-refractivity contribution in [3.63, 3.8) is 0 Å². The monoisotopic (exact) mass is 416 g/mol. The fraction of sp³-hybridized carbons (Fsp3) is 0.350. The summed E-state index contributed by atoms with van der Waals surface area (Å²) < 4.78 is 52.7. The Labute approximate surface area is 166 Å². The van der Waals surface area contributed by atoms with Gasteiger partial charge in [0.1, 0.15) is 5.82 Å². The molecule has 0 spiro atoms. The zero-order valence-electron chi connectivity index (χ0n) is 15.0. The van der Waals surface area contributed by atoms with Crippen LogP contribution >= 0.6 is 12.4 Å². The highest BCUT2D eigenvalue weighted by atomic mass is 35.5. The molecule has 3 rings (SSSR count). The highest BCUT2D eigenvalue weighted by Gasteiger charge is 2.30. The third kappa shape index (κ3) is 5.45. The molecule has 3 nitrogen and oxygen atoms in total. The van der Waals surface area contributed by atoms with Crippen LogP contribution in [0.2, 0.25) is 0 Å². The summed E-state index contributed by atoms with van der Waals surface area (Å²) in [6.07, 6.45) is -2.49. The van der Waals surface area contributed by atoms with Gasteiger partial charge in [-0.15, -0.1) is 12.4 Å². The number of benzene rings is 2. The normalized spacial score (nSPS) is 16.9. The standard InChI is InChI=1S/C20H20F4N2O.ClH/c21-16-6-7-17(14-4-1-5-15(9-14)20(22,23)24)18(10-16)19(27)26-12-13-3-2-8-25-11-13;/h1,4-7,9-10,13,25H,2-3,8,11-12H2,(H,26,27);1H. The summed E-state index contributed by atoms with van der Waals surface area (Å²) in [4.78, 5) is 12.6. The Morgan fingerprint density at radius 2 is 1.96 bits per heavy atom. The minimum absolute atomic E-state index is 0. The average Bonchev–Trinajstić information content (AvgIpc) is 2.66. The number of hydrogen-bond acceptors (Lipinski definition) is 2. The fourth-order valence-corrected chi connectivity index (χ4v) is 3.25. The van der Waals surface area contributed by atoms with Gasteiger partial charge in [-0.1, -0.05) is 18.2 Å². The van der Waals surface area contributed by atoms with E-state index in [0.29, 0.717) is 6.54 Å². The molecule has 2 N–H and O–H groups in total. The maximum Gasteiger partial charge on any atom is 0.416 e. The number of piperidine rings is 1. The van der Waals surface area contributed by atoms with Crippen LogP contribution in [0.15, 0.2) is 42.5 Å². The van der Waals surface area contributed by atoms with Gasteiger partial charge in [-0.2, -0.15) is 13.2 Å². The molecule has 1 unspecified atom stereocenters. The lowest BCUT2D eigenvalue weighted by atomic mass is 9.96. The lowest BCUT2D eigenvalue weighted by Crippen LogP contribution is -2.38. The van der Waals surface area contributed by atoms with Gasteiger partial charge in [-0.05, 0) is 67.2 Å². The zero-order valence-corrected chi connectivity index (χ0v) is 15.8. The van der Waals surface area contributed by atoms with Gasteiger partial charge in [0.05, 0.1) is 11.1 Å². The number of alkyl halides is 3. The molecule has 0 aliphatic carbocycles. The van der Waals surface area contributed by atoms with Crippen LogP contribution < -0.4 is 10.6 Å². The maximum atomic E-state index is 13.7. The summed E-state index contributed by atoms with van der Waals surface area (Å²) in [5, 5.41) is 6.03. The molecule has 1 aliphatic heterocycles. The Morgan fingerprint density at radius 1 is 1.18 bits per heavy atom. The highest BCUT2D eigenvalue weighted by molar-refractivity contribution is 6.01. The number of carbonyl (C=O) groups is 1. The summed E-state index contributed by atoms with van der Waals surface area (Å²) in [5.74, 6) is -0.823. The van der Waals surface area contributed by atoms with E-state index in [1.165, 1.54) is 18.2 Å². The molecule has 1 aliphatic rings. The second-order valence-electron chi connectivity index (χ2n) is 6.69. The van der Waals surface area contributed by atoms with Crippen LogP contribution in [0.5, 0.6) is 0 Å². The average molecular weight is 417 g/mol. The second-order valence-corrected chi connectivity index (χ2v) is 6.69. The Morgan fingerprint density at radius 3 is 2.64 bits per heavy atom. The summed E-state index contributed by atoms with van der Waals surface area (Å²) in [6, 6.07) is 8.21. The minimum Gasteiger partial charge on any atom is -0.352 e. The molecular formula is C20H21ClF4N2O. The first-order valence-corrected chi connectivity index (χ1v) is 8.80. The lowest BCUT2D eigenvalue weighted by Gasteiger charge is -2.23. The van der Waals surface area contributed by atoms with Crippen LogP contribution in [0.25, 0.3) is 11.1 Å². The van der Waals surface area contributed by atoms with E-state index in [1.54, 1.807) is 0 Å². The molecule has 0 bridgehead atoms. The quantitative estimate of drug-likeness (QED) is 0.711. The Kier molecular flexibility index (Phi) is 7.43. The van der Waals surface area contributed by atoms with Crippen molar-refractivity contribution in [1.29, 1.82) is 0 Å². The molecule has 1 saturated heterocycles. The van der Waals surface area contributed by atoms with Gasteiger partial charge < -0.3 is 10.6 Å². The van der Waals surface area contributed by atoms with Crippen molar-refractivity contribution in [2.45, 2.75) is 19.0 Å². The minimum atomic E-state index is -4.49. The van der Waals surface area contributed by atoms with Crippen molar-refractivity contribution in [3.8, 4) is 11.1 Å². The Hall–Kier alpha value is -2.12. The first kappa shape index (κ1) is 22.2. The molecule has 1 fully saturated rings. The van der Waals surface area contributed by atoms with Crippen LogP contribution in [0.4, 0.5) is 17.6 Å². The van der Waals surface area contributed by atoms with E-state index in [9.17, 15) is 22.4 Å². The molecule has 0 radical (unpaired) electrons. The molecule has 1 heterocycles. The third-order valence-corrected chi connectivity index (χ3v) is 4.68. The van der Waals surface area contributed by atoms with Crippen molar-refractivity contribution >= 4 is 18.3 Å². The molecule has 28 heavy (non-hydrogen) atoms. The number of carbonyl (C=O) groups excluding carboxylic acids is 1. The molecular weight excluding hydrogens is 396 g/mol. The summed E-state index contributed by atoms with van der Waals surface area (Å²) in [5.41, 5.74) is -0.307. The molecule has 0 saturated carbocycles. The fourth-order valence-electron chi connectivity index (χ4n) is 3.25. The number of nitrogens with one attached hydrogen (secondary N) is 2. The first-order valence-electron chi connectivity index (χ1n) is 8.80. The lowest BCUT2D eigenvalue weighted by molar-refractivity contribution is -0.137. The molecule has 2 aromatic rings.